The van der Waals surface area contributed by atoms with Crippen molar-refractivity contribution in [3.8, 4) is 17.6 Å². The standard InChI is InChI=1S/C19H17NO4S/c1-2-22-19(21)11-7-6-8-16-12-14-17(15-13-16)20-25-24-23-18-9-4-3-5-10-18/h3-5,7,9-15,20H,2H2,1H3/b11-7-. The minimum absolute atomic E-state index is 0.350. The van der Waals surface area contributed by atoms with Crippen molar-refractivity contribution in [3.05, 3.63) is 72.3 Å². The fourth-order valence-electron chi connectivity index (χ4n) is 1.64. The number of nitrogens with one attached hydrogen (secondary N) is 1. The Hall–Kier alpha value is -2.88. The van der Waals surface area contributed by atoms with Gasteiger partial charge < -0.3 is 14.3 Å². The minimum Gasteiger partial charge on any atom is -0.463 e. The third-order valence-electron chi connectivity index (χ3n) is 2.76. The second-order valence-corrected chi connectivity index (χ2v) is 5.09. The van der Waals surface area contributed by atoms with Crippen LogP contribution in [0.1, 0.15) is 12.5 Å². The van der Waals surface area contributed by atoms with Crippen molar-refractivity contribution in [2.75, 3.05) is 11.3 Å². The fraction of sp³-hybridized carbons (Fsp3) is 0.105. The van der Waals surface area contributed by atoms with Crippen LogP contribution >= 0.6 is 12.2 Å². The number of para-hydroxylation sites is 1. The second-order valence-electron chi connectivity index (χ2n) is 4.58. The first-order chi connectivity index (χ1) is 12.3. The summed E-state index contributed by atoms with van der Waals surface area (Å²) in [6, 6.07) is 16.6. The van der Waals surface area contributed by atoms with Gasteiger partial charge in [-0.15, -0.1) is 0 Å². The van der Waals surface area contributed by atoms with Gasteiger partial charge >= 0.3 is 5.97 Å². The molecule has 0 aromatic heterocycles. The minimum atomic E-state index is -0.397. The Labute approximate surface area is 151 Å². The second kappa shape index (κ2) is 10.8. The van der Waals surface area contributed by atoms with Crippen molar-refractivity contribution in [1.82, 2.24) is 0 Å². The van der Waals surface area contributed by atoms with Gasteiger partial charge in [-0.1, -0.05) is 34.4 Å². The maximum Gasteiger partial charge on any atom is 0.331 e. The lowest BCUT2D eigenvalue weighted by molar-refractivity contribution is -0.137. The van der Waals surface area contributed by atoms with Crippen molar-refractivity contribution in [2.45, 2.75) is 6.92 Å². The van der Waals surface area contributed by atoms with E-state index in [1.807, 2.05) is 42.5 Å². The molecule has 0 aliphatic carbocycles. The zero-order valence-electron chi connectivity index (χ0n) is 13.6. The number of allylic oxidation sites excluding steroid dienone is 1. The molecule has 0 fully saturated rings. The number of benzene rings is 2. The quantitative estimate of drug-likeness (QED) is 0.118. The van der Waals surface area contributed by atoms with Gasteiger partial charge in [0.2, 0.25) is 0 Å². The first-order valence-electron chi connectivity index (χ1n) is 7.54. The maximum absolute atomic E-state index is 11.1. The summed E-state index contributed by atoms with van der Waals surface area (Å²) in [5.41, 5.74) is 1.67. The molecule has 0 radical (unpaired) electrons. The largest absolute Gasteiger partial charge is 0.463 e. The summed E-state index contributed by atoms with van der Waals surface area (Å²) in [6.45, 7) is 2.10. The van der Waals surface area contributed by atoms with E-state index in [1.165, 1.54) is 12.2 Å². The third-order valence-corrected chi connectivity index (χ3v) is 3.21. The summed E-state index contributed by atoms with van der Waals surface area (Å²) < 4.78 is 12.7. The smallest absolute Gasteiger partial charge is 0.331 e. The van der Waals surface area contributed by atoms with Gasteiger partial charge in [0.25, 0.3) is 0 Å². The number of rotatable bonds is 7. The first-order valence-corrected chi connectivity index (χ1v) is 8.28. The van der Waals surface area contributed by atoms with Crippen LogP contribution in [0.5, 0.6) is 5.75 Å². The van der Waals surface area contributed by atoms with Crippen molar-refractivity contribution < 1.29 is 18.8 Å². The third kappa shape index (κ3) is 7.48. The average molecular weight is 355 g/mol. The highest BCUT2D eigenvalue weighted by atomic mass is 32.2. The van der Waals surface area contributed by atoms with Crippen LogP contribution in [-0.2, 0) is 13.9 Å². The monoisotopic (exact) mass is 355 g/mol. The Bertz CT molecular complexity index is 748. The molecule has 6 heteroatoms. The van der Waals surface area contributed by atoms with Gasteiger partial charge in [-0.2, -0.15) is 0 Å². The molecule has 2 aromatic rings. The van der Waals surface area contributed by atoms with E-state index >= 15 is 0 Å². The molecular formula is C19H17NO4S. The summed E-state index contributed by atoms with van der Waals surface area (Å²) in [5, 5.41) is 0. The van der Waals surface area contributed by atoms with E-state index < -0.39 is 5.97 Å². The van der Waals surface area contributed by atoms with E-state index in [4.69, 9.17) is 14.0 Å². The van der Waals surface area contributed by atoms with Crippen molar-refractivity contribution in [2.24, 2.45) is 0 Å². The SMILES string of the molecule is CCOC(=O)/C=C\C#Cc1ccc(NSOOc2ccccc2)cc1. The molecule has 0 bridgehead atoms. The number of carbonyl (C=O) groups excluding carboxylic acids is 1. The van der Waals surface area contributed by atoms with E-state index in [-0.39, 0.29) is 0 Å². The Morgan fingerprint density at radius 3 is 2.64 bits per heavy atom. The van der Waals surface area contributed by atoms with Crippen LogP contribution in [0.2, 0.25) is 0 Å². The molecule has 0 amide bonds. The fourth-order valence-corrected chi connectivity index (χ4v) is 2.02. The van der Waals surface area contributed by atoms with Gasteiger partial charge in [-0.25, -0.2) is 4.79 Å². The molecule has 0 heterocycles. The number of esters is 1. The summed E-state index contributed by atoms with van der Waals surface area (Å²) in [6.07, 6.45) is 2.77. The summed E-state index contributed by atoms with van der Waals surface area (Å²) in [4.78, 5) is 16.2. The van der Waals surface area contributed by atoms with Gasteiger partial charge in [0.15, 0.2) is 18.0 Å². The van der Waals surface area contributed by atoms with E-state index in [0.717, 1.165) is 23.5 Å². The molecule has 0 spiro atoms. The highest BCUT2D eigenvalue weighted by molar-refractivity contribution is 7.95. The van der Waals surface area contributed by atoms with Crippen LogP contribution in [0.4, 0.5) is 5.69 Å². The Morgan fingerprint density at radius 2 is 1.92 bits per heavy atom. The van der Waals surface area contributed by atoms with E-state index in [2.05, 4.69) is 16.6 Å². The molecule has 0 unspecified atom stereocenters. The van der Waals surface area contributed by atoms with E-state index in [9.17, 15) is 4.79 Å². The highest BCUT2D eigenvalue weighted by Crippen LogP contribution is 2.16. The molecule has 25 heavy (non-hydrogen) atoms. The molecule has 128 valence electrons. The van der Waals surface area contributed by atoms with Gasteiger partial charge in [0.1, 0.15) is 0 Å². The molecule has 1 N–H and O–H groups in total. The first kappa shape index (κ1) is 18.5. The van der Waals surface area contributed by atoms with Gasteiger partial charge in [-0.05, 0) is 49.4 Å². The average Bonchev–Trinajstić information content (AvgIpc) is 2.65. The van der Waals surface area contributed by atoms with Crippen LogP contribution in [-0.4, -0.2) is 12.6 Å². The molecule has 0 aliphatic rings. The number of hydrogen-bond donors (Lipinski definition) is 1. The van der Waals surface area contributed by atoms with Crippen molar-refractivity contribution in [3.63, 3.8) is 0 Å². The summed E-state index contributed by atoms with van der Waals surface area (Å²) >= 11 is 0.966. The molecule has 0 saturated heterocycles. The Morgan fingerprint density at radius 1 is 1.16 bits per heavy atom. The lowest BCUT2D eigenvalue weighted by atomic mass is 10.2. The zero-order chi connectivity index (χ0) is 17.7. The number of hydrogen-bond acceptors (Lipinski definition) is 6. The van der Waals surface area contributed by atoms with Crippen LogP contribution in [0.25, 0.3) is 0 Å². The van der Waals surface area contributed by atoms with E-state index in [0.29, 0.717) is 12.4 Å². The summed E-state index contributed by atoms with van der Waals surface area (Å²) in [7, 11) is 0. The number of ether oxygens (including phenoxy) is 1. The molecule has 0 saturated carbocycles. The Kier molecular flexibility index (Phi) is 7.98. The number of anilines is 1. The van der Waals surface area contributed by atoms with Crippen LogP contribution in [0.15, 0.2) is 66.7 Å². The van der Waals surface area contributed by atoms with Gasteiger partial charge in [0, 0.05) is 17.3 Å². The predicted octanol–water partition coefficient (Wildman–Crippen LogP) is 4.14. The zero-order valence-corrected chi connectivity index (χ0v) is 14.4. The van der Waals surface area contributed by atoms with Crippen molar-refractivity contribution in [1.29, 1.82) is 0 Å². The molecule has 2 aromatic carbocycles. The van der Waals surface area contributed by atoms with E-state index in [1.54, 1.807) is 19.1 Å². The lowest BCUT2D eigenvalue weighted by Gasteiger charge is -2.05. The number of carbonyl (C=O) groups is 1. The lowest BCUT2D eigenvalue weighted by Crippen LogP contribution is -1.98. The molecule has 0 atom stereocenters. The maximum atomic E-state index is 11.1. The normalized spacial score (nSPS) is 9.96. The molecule has 2 rings (SSSR count). The topological polar surface area (TPSA) is 56.8 Å². The molecule has 0 aliphatic heterocycles. The Balaban J connectivity index is 1.73. The van der Waals surface area contributed by atoms with Gasteiger partial charge in [0.05, 0.1) is 6.61 Å². The molecular weight excluding hydrogens is 338 g/mol. The predicted molar refractivity (Wildman–Crippen MR) is 98.5 cm³/mol. The summed E-state index contributed by atoms with van der Waals surface area (Å²) in [5.74, 6) is 5.93. The van der Waals surface area contributed by atoms with Crippen LogP contribution < -0.4 is 9.61 Å². The molecule has 5 nitrogen and oxygen atoms in total. The van der Waals surface area contributed by atoms with Crippen LogP contribution in [0, 0.1) is 11.8 Å². The van der Waals surface area contributed by atoms with Crippen molar-refractivity contribution >= 4 is 23.9 Å². The highest BCUT2D eigenvalue weighted by Gasteiger charge is 1.96. The van der Waals surface area contributed by atoms with Crippen LogP contribution in [0.3, 0.4) is 0 Å². The van der Waals surface area contributed by atoms with Gasteiger partial charge in [-0.3, -0.25) is 0 Å².